The maximum Gasteiger partial charge on any atom is 0.195 e. The fourth-order valence-corrected chi connectivity index (χ4v) is 3.99. The van der Waals surface area contributed by atoms with Gasteiger partial charge in [0.15, 0.2) is 17.9 Å². The van der Waals surface area contributed by atoms with Crippen LogP contribution in [0.5, 0.6) is 0 Å². The molecule has 0 radical (unpaired) electrons. The summed E-state index contributed by atoms with van der Waals surface area (Å²) in [5, 5.41) is 0. The molecule has 1 heterocycles. The second-order valence-electron chi connectivity index (χ2n) is 8.89. The first-order valence-corrected chi connectivity index (χ1v) is 11.9. The van der Waals surface area contributed by atoms with Crippen LogP contribution in [0, 0.1) is 17.8 Å². The Kier molecular flexibility index (Phi) is 13.5. The summed E-state index contributed by atoms with van der Waals surface area (Å²) in [4.78, 5) is 0. The zero-order valence-corrected chi connectivity index (χ0v) is 20.1. The Bertz CT molecular complexity index is 537. The number of hydrogen-bond acceptors (Lipinski definition) is 3. The van der Waals surface area contributed by atoms with Crippen molar-refractivity contribution in [2.75, 3.05) is 20.3 Å². The van der Waals surface area contributed by atoms with Crippen LogP contribution in [0.1, 0.15) is 92.4 Å². The van der Waals surface area contributed by atoms with Crippen molar-refractivity contribution in [1.29, 1.82) is 0 Å². The Hall–Kier alpha value is -0.940. The monoisotopic (exact) mass is 430 g/mol. The van der Waals surface area contributed by atoms with Gasteiger partial charge in [-0.05, 0) is 68.8 Å². The first-order valence-electron chi connectivity index (χ1n) is 11.9. The van der Waals surface area contributed by atoms with E-state index in [4.69, 9.17) is 14.2 Å². The van der Waals surface area contributed by atoms with Gasteiger partial charge in [0.2, 0.25) is 0 Å². The first kappa shape index (κ1) is 27.1. The van der Waals surface area contributed by atoms with E-state index in [9.17, 15) is 8.78 Å². The Morgan fingerprint density at radius 1 is 1.07 bits per heavy atom. The van der Waals surface area contributed by atoms with Gasteiger partial charge in [0, 0.05) is 0 Å². The predicted octanol–water partition coefficient (Wildman–Crippen LogP) is 7.87. The van der Waals surface area contributed by atoms with Gasteiger partial charge in [0.25, 0.3) is 0 Å². The topological polar surface area (TPSA) is 27.7 Å². The smallest absolute Gasteiger partial charge is 0.195 e. The van der Waals surface area contributed by atoms with Crippen LogP contribution in [0.3, 0.4) is 0 Å². The second-order valence-corrected chi connectivity index (χ2v) is 8.89. The molecule has 0 saturated carbocycles. The van der Waals surface area contributed by atoms with Crippen LogP contribution < -0.4 is 0 Å². The number of rotatable bonds is 14. The van der Waals surface area contributed by atoms with E-state index in [0.717, 1.165) is 25.9 Å². The molecule has 1 saturated heterocycles. The van der Waals surface area contributed by atoms with Gasteiger partial charge >= 0.3 is 0 Å². The molecule has 0 bridgehead atoms. The van der Waals surface area contributed by atoms with Crippen molar-refractivity contribution in [3.8, 4) is 0 Å². The molecular formula is C25H44F2O3. The second kappa shape index (κ2) is 15.0. The van der Waals surface area contributed by atoms with E-state index in [-0.39, 0.29) is 18.0 Å². The summed E-state index contributed by atoms with van der Waals surface area (Å²) >= 11 is 0. The minimum absolute atomic E-state index is 0.0208. The lowest BCUT2D eigenvalue weighted by atomic mass is 9.90. The molecule has 0 N–H and O–H groups in total. The molecule has 176 valence electrons. The quantitative estimate of drug-likeness (QED) is 0.159. The highest BCUT2D eigenvalue weighted by Gasteiger charge is 2.23. The van der Waals surface area contributed by atoms with E-state index in [1.54, 1.807) is 0 Å². The predicted molar refractivity (Wildman–Crippen MR) is 119 cm³/mol. The SMILES string of the molecule is CCCCCC1CCC(OCC(C)CCC(C)/C(CC)=C(F)/C(F)=C(\C)OC)OC1. The highest BCUT2D eigenvalue weighted by atomic mass is 19.2. The number of ether oxygens (including phenoxy) is 3. The molecule has 1 fully saturated rings. The zero-order chi connectivity index (χ0) is 22.5. The first-order chi connectivity index (χ1) is 14.3. The third-order valence-corrected chi connectivity index (χ3v) is 6.27. The molecule has 0 aromatic carbocycles. The number of halogens is 2. The maximum absolute atomic E-state index is 14.5. The van der Waals surface area contributed by atoms with Crippen molar-refractivity contribution in [3.63, 3.8) is 0 Å². The lowest BCUT2D eigenvalue weighted by molar-refractivity contribution is -0.181. The van der Waals surface area contributed by atoms with Crippen molar-refractivity contribution in [2.45, 2.75) is 98.7 Å². The van der Waals surface area contributed by atoms with Gasteiger partial charge in [-0.1, -0.05) is 47.0 Å². The molecule has 0 aliphatic carbocycles. The van der Waals surface area contributed by atoms with Crippen molar-refractivity contribution in [3.05, 3.63) is 23.0 Å². The molecule has 0 aromatic heterocycles. The molecule has 30 heavy (non-hydrogen) atoms. The molecule has 1 rings (SSSR count). The fourth-order valence-electron chi connectivity index (χ4n) is 3.99. The highest BCUT2D eigenvalue weighted by molar-refractivity contribution is 5.28. The average molecular weight is 431 g/mol. The Morgan fingerprint density at radius 2 is 1.80 bits per heavy atom. The van der Waals surface area contributed by atoms with Gasteiger partial charge < -0.3 is 14.2 Å². The fraction of sp³-hybridized carbons (Fsp3) is 0.840. The van der Waals surface area contributed by atoms with Crippen molar-refractivity contribution in [1.82, 2.24) is 0 Å². The summed E-state index contributed by atoms with van der Waals surface area (Å²) in [5.41, 5.74) is 0.516. The van der Waals surface area contributed by atoms with Crippen LogP contribution in [0.25, 0.3) is 0 Å². The van der Waals surface area contributed by atoms with Gasteiger partial charge in [-0.3, -0.25) is 0 Å². The van der Waals surface area contributed by atoms with Crippen LogP contribution in [-0.4, -0.2) is 26.6 Å². The largest absolute Gasteiger partial charge is 0.498 e. The van der Waals surface area contributed by atoms with E-state index in [1.807, 2.05) is 13.8 Å². The average Bonchev–Trinajstić information content (AvgIpc) is 2.76. The van der Waals surface area contributed by atoms with Crippen LogP contribution in [0.4, 0.5) is 8.78 Å². The van der Waals surface area contributed by atoms with Gasteiger partial charge in [0.1, 0.15) is 5.76 Å². The third-order valence-electron chi connectivity index (χ3n) is 6.27. The van der Waals surface area contributed by atoms with Crippen LogP contribution in [0.15, 0.2) is 23.0 Å². The molecule has 0 aromatic rings. The number of unbranched alkanes of at least 4 members (excludes halogenated alkanes) is 2. The summed E-state index contributed by atoms with van der Waals surface area (Å²) in [6, 6.07) is 0. The van der Waals surface area contributed by atoms with E-state index >= 15 is 0 Å². The van der Waals surface area contributed by atoms with Gasteiger partial charge in [-0.2, -0.15) is 0 Å². The molecular weight excluding hydrogens is 386 g/mol. The molecule has 4 unspecified atom stereocenters. The molecule has 1 aliphatic heterocycles. The van der Waals surface area contributed by atoms with E-state index in [1.165, 1.54) is 46.1 Å². The Balaban J connectivity index is 2.38. The summed E-state index contributed by atoms with van der Waals surface area (Å²) in [5.74, 6) is -0.673. The summed E-state index contributed by atoms with van der Waals surface area (Å²) < 4.78 is 45.3. The molecule has 0 amide bonds. The number of methoxy groups -OCH3 is 1. The van der Waals surface area contributed by atoms with Crippen LogP contribution in [-0.2, 0) is 14.2 Å². The van der Waals surface area contributed by atoms with Crippen molar-refractivity contribution in [2.24, 2.45) is 17.8 Å². The van der Waals surface area contributed by atoms with Gasteiger partial charge in [-0.15, -0.1) is 0 Å². The van der Waals surface area contributed by atoms with E-state index < -0.39 is 11.7 Å². The highest BCUT2D eigenvalue weighted by Crippen LogP contribution is 2.31. The summed E-state index contributed by atoms with van der Waals surface area (Å²) in [7, 11) is 1.35. The molecule has 1 aliphatic rings. The van der Waals surface area contributed by atoms with E-state index in [0.29, 0.717) is 30.4 Å². The minimum atomic E-state index is -0.889. The standard InChI is InChI=1S/C25H44F2O3/c1-7-9-10-11-21-14-15-23(30-17-21)29-16-18(3)12-13-19(4)22(8-2)25(27)24(26)20(5)28-6/h18-19,21,23H,7-17H2,1-6H3/b24-20-,25-22-. The van der Waals surface area contributed by atoms with Gasteiger partial charge in [0.05, 0.1) is 20.3 Å². The van der Waals surface area contributed by atoms with Crippen LogP contribution in [0.2, 0.25) is 0 Å². The third kappa shape index (κ3) is 9.47. The van der Waals surface area contributed by atoms with Crippen LogP contribution >= 0.6 is 0 Å². The lowest BCUT2D eigenvalue weighted by Crippen LogP contribution is -2.29. The lowest BCUT2D eigenvalue weighted by Gasteiger charge is -2.30. The number of allylic oxidation sites excluding steroid dienone is 4. The Morgan fingerprint density at radius 3 is 2.37 bits per heavy atom. The normalized spacial score (nSPS) is 23.5. The van der Waals surface area contributed by atoms with Gasteiger partial charge in [-0.25, -0.2) is 8.78 Å². The summed E-state index contributed by atoms with van der Waals surface area (Å²) in [6.07, 6.45) is 9.37. The molecule has 0 spiro atoms. The number of hydrogen-bond donors (Lipinski definition) is 0. The van der Waals surface area contributed by atoms with E-state index in [2.05, 4.69) is 13.8 Å². The van der Waals surface area contributed by atoms with Crippen molar-refractivity contribution < 1.29 is 23.0 Å². The zero-order valence-electron chi connectivity index (χ0n) is 20.1. The maximum atomic E-state index is 14.5. The molecule has 4 atom stereocenters. The molecule has 5 heteroatoms. The molecule has 3 nitrogen and oxygen atoms in total. The summed E-state index contributed by atoms with van der Waals surface area (Å²) in [6.45, 7) is 11.1. The Labute approximate surface area is 183 Å². The minimum Gasteiger partial charge on any atom is -0.498 e. The van der Waals surface area contributed by atoms with Crippen molar-refractivity contribution >= 4 is 0 Å².